The van der Waals surface area contributed by atoms with Crippen LogP contribution in [-0.2, 0) is 25.2 Å². The van der Waals surface area contributed by atoms with E-state index in [-0.39, 0.29) is 29.6 Å². The number of carbonyl (C=O) groups excluding carboxylic acids is 2. The number of esters is 2. The molecule has 0 spiro atoms. The van der Waals surface area contributed by atoms with Crippen molar-refractivity contribution in [2.45, 2.75) is 50.0 Å². The van der Waals surface area contributed by atoms with E-state index >= 15 is 0 Å². The summed E-state index contributed by atoms with van der Waals surface area (Å²) in [6.45, 7) is 2.42. The monoisotopic (exact) mass is 574 g/mol. The first-order chi connectivity index (χ1) is 19.0. The van der Waals surface area contributed by atoms with Crippen LogP contribution in [-0.4, -0.2) is 58.1 Å². The van der Waals surface area contributed by atoms with Crippen molar-refractivity contribution in [3.8, 4) is 5.75 Å². The third-order valence-corrected chi connectivity index (χ3v) is 8.82. The van der Waals surface area contributed by atoms with Gasteiger partial charge in [-0.05, 0) is 68.6 Å². The van der Waals surface area contributed by atoms with Crippen LogP contribution in [0.4, 0.5) is 13.2 Å². The molecule has 0 amide bonds. The number of H-pyrrole nitrogens is 1. The highest BCUT2D eigenvalue weighted by atomic mass is 32.1. The van der Waals surface area contributed by atoms with Crippen molar-refractivity contribution in [3.05, 3.63) is 65.2 Å². The Hall–Kier alpha value is -3.61. The summed E-state index contributed by atoms with van der Waals surface area (Å²) >= 11 is 1.37. The topological polar surface area (TPSA) is 101 Å². The number of cyclic esters (lactones) is 2. The minimum atomic E-state index is -4.43. The van der Waals surface area contributed by atoms with Crippen molar-refractivity contribution < 1.29 is 42.1 Å². The molecule has 12 heteroatoms. The van der Waals surface area contributed by atoms with Crippen molar-refractivity contribution in [2.75, 3.05) is 13.1 Å². The van der Waals surface area contributed by atoms with Crippen molar-refractivity contribution in [1.82, 2.24) is 9.88 Å². The number of hydrogen-bond acceptors (Lipinski definition) is 8. The van der Waals surface area contributed by atoms with Gasteiger partial charge in [0, 0.05) is 44.6 Å². The lowest BCUT2D eigenvalue weighted by molar-refractivity contribution is -0.319. The SMILES string of the molecule is C[C@@H]1C[C@@H](c2cc3c(C(F)(F)F)cccc3s2)CCN1C[C@H](O)C1(Oc2cccc3[nH]ccc23)OC(=O)C(=O)O1. The molecule has 0 aliphatic carbocycles. The number of halogens is 3. The molecule has 0 radical (unpaired) electrons. The highest BCUT2D eigenvalue weighted by Crippen LogP contribution is 2.43. The molecule has 4 heterocycles. The summed E-state index contributed by atoms with van der Waals surface area (Å²) in [6.07, 6.45) is -3.00. The fraction of sp³-hybridized carbons (Fsp3) is 0.357. The van der Waals surface area contributed by atoms with Crippen LogP contribution >= 0.6 is 11.3 Å². The molecule has 0 saturated carbocycles. The summed E-state index contributed by atoms with van der Waals surface area (Å²) in [4.78, 5) is 29.9. The number of fused-ring (bicyclic) bond motifs is 2. The molecule has 6 rings (SSSR count). The lowest BCUT2D eigenvalue weighted by atomic mass is 9.89. The maximum absolute atomic E-state index is 13.5. The third kappa shape index (κ3) is 4.69. The zero-order chi connectivity index (χ0) is 28.2. The first kappa shape index (κ1) is 26.6. The number of aliphatic hydroxyl groups is 1. The summed E-state index contributed by atoms with van der Waals surface area (Å²) in [6, 6.07) is 12.6. The summed E-state index contributed by atoms with van der Waals surface area (Å²) < 4.78 is 57.4. The number of alkyl halides is 3. The molecule has 2 fully saturated rings. The van der Waals surface area contributed by atoms with E-state index in [1.165, 1.54) is 17.4 Å². The van der Waals surface area contributed by atoms with Crippen LogP contribution < -0.4 is 4.74 Å². The number of aliphatic hydroxyl groups excluding tert-OH is 1. The molecule has 0 unspecified atom stereocenters. The zero-order valence-corrected chi connectivity index (χ0v) is 22.1. The first-order valence-corrected chi connectivity index (χ1v) is 13.6. The molecule has 2 N–H and O–H groups in total. The quantitative estimate of drug-likeness (QED) is 0.242. The molecule has 0 bridgehead atoms. The van der Waals surface area contributed by atoms with E-state index in [4.69, 9.17) is 14.2 Å². The summed E-state index contributed by atoms with van der Waals surface area (Å²) in [7, 11) is 0. The van der Waals surface area contributed by atoms with Crippen LogP contribution in [0.15, 0.2) is 54.7 Å². The number of piperidine rings is 1. The Bertz CT molecular complexity index is 1580. The second-order valence-electron chi connectivity index (χ2n) is 10.1. The number of thiophene rings is 1. The van der Waals surface area contributed by atoms with Gasteiger partial charge in [0.2, 0.25) is 0 Å². The highest BCUT2D eigenvalue weighted by Gasteiger charge is 2.58. The second-order valence-corrected chi connectivity index (χ2v) is 11.2. The van der Waals surface area contributed by atoms with E-state index in [1.54, 1.807) is 36.5 Å². The number of nitrogens with one attached hydrogen (secondary N) is 1. The number of benzene rings is 2. The second kappa shape index (κ2) is 9.79. The molecule has 2 saturated heterocycles. The minimum Gasteiger partial charge on any atom is -0.418 e. The van der Waals surface area contributed by atoms with Gasteiger partial charge in [-0.1, -0.05) is 12.1 Å². The van der Waals surface area contributed by atoms with Gasteiger partial charge in [0.05, 0.1) is 5.56 Å². The maximum atomic E-state index is 13.5. The fourth-order valence-corrected chi connectivity index (χ4v) is 6.76. The minimum absolute atomic E-state index is 0.0395. The molecule has 2 aliphatic rings. The zero-order valence-electron chi connectivity index (χ0n) is 21.2. The van der Waals surface area contributed by atoms with Crippen LogP contribution in [0.3, 0.4) is 0 Å². The van der Waals surface area contributed by atoms with Crippen LogP contribution in [0.1, 0.15) is 36.1 Å². The van der Waals surface area contributed by atoms with Gasteiger partial charge in [-0.2, -0.15) is 13.2 Å². The summed E-state index contributed by atoms with van der Waals surface area (Å²) in [5.74, 6) is -4.61. The Labute approximate surface area is 230 Å². The van der Waals surface area contributed by atoms with E-state index in [0.29, 0.717) is 29.5 Å². The van der Waals surface area contributed by atoms with Crippen LogP contribution in [0.25, 0.3) is 21.0 Å². The van der Waals surface area contributed by atoms with E-state index < -0.39 is 35.8 Å². The van der Waals surface area contributed by atoms with E-state index in [1.807, 2.05) is 17.9 Å². The molecule has 40 heavy (non-hydrogen) atoms. The number of aromatic nitrogens is 1. The third-order valence-electron chi connectivity index (χ3n) is 7.56. The van der Waals surface area contributed by atoms with Gasteiger partial charge in [-0.25, -0.2) is 9.59 Å². The number of hydrogen-bond donors (Lipinski definition) is 2. The lowest BCUT2D eigenvalue weighted by Crippen LogP contribution is -2.56. The molecule has 8 nitrogen and oxygen atoms in total. The highest BCUT2D eigenvalue weighted by molar-refractivity contribution is 7.19. The van der Waals surface area contributed by atoms with Gasteiger partial charge in [0.1, 0.15) is 5.75 Å². The van der Waals surface area contributed by atoms with E-state index in [2.05, 4.69) is 4.98 Å². The van der Waals surface area contributed by atoms with Gasteiger partial charge in [-0.15, -0.1) is 11.3 Å². The number of rotatable bonds is 6. The number of β-amino-alcohol motifs (C(OH)–C–C–N with tert-alkyl or cyclic N) is 1. The number of likely N-dealkylation sites (tertiary alicyclic amines) is 1. The average molecular weight is 575 g/mol. The van der Waals surface area contributed by atoms with Gasteiger partial charge in [0.15, 0.2) is 6.10 Å². The first-order valence-electron chi connectivity index (χ1n) is 12.8. The Morgan fingerprint density at radius 3 is 2.62 bits per heavy atom. The van der Waals surface area contributed by atoms with Crippen molar-refractivity contribution in [2.24, 2.45) is 0 Å². The van der Waals surface area contributed by atoms with Crippen LogP contribution in [0.2, 0.25) is 0 Å². The van der Waals surface area contributed by atoms with Crippen molar-refractivity contribution in [1.29, 1.82) is 0 Å². The maximum Gasteiger partial charge on any atom is 0.451 e. The lowest BCUT2D eigenvalue weighted by Gasteiger charge is -2.40. The Morgan fingerprint density at radius 2 is 1.90 bits per heavy atom. The summed E-state index contributed by atoms with van der Waals surface area (Å²) in [5.41, 5.74) is 0.0967. The predicted octanol–water partition coefficient (Wildman–Crippen LogP) is 5.16. The number of carbonyl (C=O) groups is 2. The molecule has 2 aliphatic heterocycles. The number of nitrogens with zero attached hydrogens (tertiary/aromatic N) is 1. The van der Waals surface area contributed by atoms with Gasteiger partial charge < -0.3 is 24.3 Å². The largest absolute Gasteiger partial charge is 0.451 e. The predicted molar refractivity (Wildman–Crippen MR) is 140 cm³/mol. The number of ether oxygens (including phenoxy) is 3. The normalized spacial score (nSPS) is 22.4. The average Bonchev–Trinajstić information content (AvgIpc) is 3.62. The van der Waals surface area contributed by atoms with Gasteiger partial charge >= 0.3 is 24.1 Å². The smallest absolute Gasteiger partial charge is 0.418 e. The molecule has 2 aromatic heterocycles. The Balaban J connectivity index is 1.19. The Morgan fingerprint density at radius 1 is 1.15 bits per heavy atom. The summed E-state index contributed by atoms with van der Waals surface area (Å²) in [5, 5.41) is 12.1. The molecular weight excluding hydrogens is 549 g/mol. The number of aromatic amines is 1. The molecule has 2 aromatic carbocycles. The van der Waals surface area contributed by atoms with Crippen LogP contribution in [0, 0.1) is 0 Å². The standard InChI is InChI=1S/C28H25F3N2O6S/c1-15-12-16(23-13-18-19(27(29,30)31)4-2-7-22(18)40-23)9-11-33(15)14-24(34)28(38-25(35)26(36)39-28)37-21-6-3-5-20-17(21)8-10-32-20/h2-8,10,13,15-16,24,32,34H,9,11-12,14H2,1H3/t15-,16+,24+/m1/s1. The van der Waals surface area contributed by atoms with E-state index in [9.17, 15) is 27.9 Å². The fourth-order valence-electron chi connectivity index (χ4n) is 5.52. The van der Waals surface area contributed by atoms with Crippen LogP contribution in [0.5, 0.6) is 5.75 Å². The van der Waals surface area contributed by atoms with Gasteiger partial charge in [-0.3, -0.25) is 4.90 Å². The van der Waals surface area contributed by atoms with Crippen molar-refractivity contribution >= 4 is 44.3 Å². The molecule has 4 aromatic rings. The van der Waals surface area contributed by atoms with Gasteiger partial charge in [0.25, 0.3) is 0 Å². The Kier molecular flexibility index (Phi) is 6.51. The molecule has 210 valence electrons. The molecular formula is C28H25F3N2O6S. The van der Waals surface area contributed by atoms with Crippen molar-refractivity contribution in [3.63, 3.8) is 0 Å². The molecule has 3 atom stereocenters. The van der Waals surface area contributed by atoms with E-state index in [0.717, 1.165) is 16.5 Å².